The number of carbonyl (C=O) groups excluding carboxylic acids is 3. The second-order valence-electron chi connectivity index (χ2n) is 8.61. The van der Waals surface area contributed by atoms with Crippen LogP contribution in [0, 0.1) is 5.92 Å². The number of carbonyl (C=O) groups is 3. The first-order valence-electron chi connectivity index (χ1n) is 11.1. The monoisotopic (exact) mass is 496 g/mol. The third-order valence-corrected chi connectivity index (χ3v) is 8.04. The molecule has 0 unspecified atom stereocenters. The normalized spacial score (nSPS) is 22.3. The number of nitrogens with zero attached hydrogens (tertiary/aromatic N) is 4. The smallest absolute Gasteiger partial charge is 0.322 e. The summed E-state index contributed by atoms with van der Waals surface area (Å²) in [5.41, 5.74) is 2.46. The quantitative estimate of drug-likeness (QED) is 0.399. The Morgan fingerprint density at radius 1 is 1.18 bits per heavy atom. The molecule has 2 N–H and O–H groups in total. The predicted octanol–water partition coefficient (Wildman–Crippen LogP) is 3.62. The first kappa shape index (κ1) is 22.6. The number of imide groups is 1. The van der Waals surface area contributed by atoms with Crippen LogP contribution in [0.2, 0.25) is 0 Å². The Kier molecular flexibility index (Phi) is 6.13. The highest BCUT2D eigenvalue weighted by atomic mass is 32.2. The Bertz CT molecular complexity index is 1200. The number of thioether (sulfide) groups is 1. The number of amides is 4. The van der Waals surface area contributed by atoms with Gasteiger partial charge in [-0.15, -0.1) is 21.5 Å². The maximum atomic E-state index is 13.0. The van der Waals surface area contributed by atoms with Crippen molar-refractivity contribution in [1.82, 2.24) is 30.5 Å². The molecule has 1 aliphatic heterocycles. The molecule has 34 heavy (non-hydrogen) atoms. The standard InChI is InChI=1S/C23H24N6O3S2/c1-15-9-11-23(12-10-15)20(31)29(21(32)24-23)27-18(30)14-34-22-26-25-19(17-8-5-13-33-17)28(22)16-6-3-2-4-7-16/h2-8,13,15H,9-12,14H2,1H3,(H,24,32)(H,27,30). The number of para-hydroxylation sites is 1. The highest BCUT2D eigenvalue weighted by Crippen LogP contribution is 2.36. The lowest BCUT2D eigenvalue weighted by Gasteiger charge is -2.33. The van der Waals surface area contributed by atoms with E-state index in [9.17, 15) is 14.4 Å². The van der Waals surface area contributed by atoms with E-state index in [4.69, 9.17) is 0 Å². The lowest BCUT2D eigenvalue weighted by molar-refractivity contribution is -0.139. The Balaban J connectivity index is 1.29. The second kappa shape index (κ2) is 9.22. The van der Waals surface area contributed by atoms with E-state index < -0.39 is 17.5 Å². The Morgan fingerprint density at radius 2 is 1.94 bits per heavy atom. The molecule has 176 valence electrons. The number of aromatic nitrogens is 3. The van der Waals surface area contributed by atoms with E-state index in [-0.39, 0.29) is 11.7 Å². The van der Waals surface area contributed by atoms with Gasteiger partial charge in [0, 0.05) is 5.69 Å². The van der Waals surface area contributed by atoms with Crippen LogP contribution < -0.4 is 10.7 Å². The van der Waals surface area contributed by atoms with E-state index in [0.29, 0.717) is 29.7 Å². The summed E-state index contributed by atoms with van der Waals surface area (Å²) in [6.45, 7) is 2.14. The van der Waals surface area contributed by atoms with Crippen molar-refractivity contribution in [2.75, 3.05) is 5.75 Å². The minimum Gasteiger partial charge on any atom is -0.322 e. The van der Waals surface area contributed by atoms with E-state index >= 15 is 0 Å². The summed E-state index contributed by atoms with van der Waals surface area (Å²) >= 11 is 2.75. The van der Waals surface area contributed by atoms with Crippen molar-refractivity contribution in [3.8, 4) is 16.4 Å². The summed E-state index contributed by atoms with van der Waals surface area (Å²) in [6, 6.07) is 13.0. The molecule has 1 aliphatic carbocycles. The fourth-order valence-electron chi connectivity index (χ4n) is 4.34. The summed E-state index contributed by atoms with van der Waals surface area (Å²) in [7, 11) is 0. The van der Waals surface area contributed by atoms with Crippen molar-refractivity contribution in [2.45, 2.75) is 43.3 Å². The largest absolute Gasteiger partial charge is 0.344 e. The van der Waals surface area contributed by atoms with Crippen LogP contribution in [-0.2, 0) is 9.59 Å². The van der Waals surface area contributed by atoms with Crippen molar-refractivity contribution in [1.29, 1.82) is 0 Å². The van der Waals surface area contributed by atoms with Crippen molar-refractivity contribution in [3.05, 3.63) is 47.8 Å². The van der Waals surface area contributed by atoms with Gasteiger partial charge < -0.3 is 5.32 Å². The minimum atomic E-state index is -0.896. The molecule has 1 saturated heterocycles. The van der Waals surface area contributed by atoms with Gasteiger partial charge in [0.15, 0.2) is 11.0 Å². The van der Waals surface area contributed by atoms with E-state index in [1.54, 1.807) is 11.3 Å². The van der Waals surface area contributed by atoms with E-state index in [1.807, 2.05) is 52.4 Å². The number of urea groups is 1. The molecule has 1 aromatic carbocycles. The molecule has 11 heteroatoms. The number of rotatable bonds is 6. The molecule has 3 aromatic rings. The minimum absolute atomic E-state index is 0.0312. The molecule has 2 aliphatic rings. The van der Waals surface area contributed by atoms with Gasteiger partial charge in [0.1, 0.15) is 5.54 Å². The third kappa shape index (κ3) is 4.21. The fourth-order valence-corrected chi connectivity index (χ4v) is 5.78. The van der Waals surface area contributed by atoms with Crippen LogP contribution in [0.3, 0.4) is 0 Å². The molecule has 1 saturated carbocycles. The van der Waals surface area contributed by atoms with Crippen LogP contribution >= 0.6 is 23.1 Å². The molecule has 2 fully saturated rings. The van der Waals surface area contributed by atoms with Gasteiger partial charge in [-0.05, 0) is 55.2 Å². The van der Waals surface area contributed by atoms with Gasteiger partial charge in [0.25, 0.3) is 5.91 Å². The van der Waals surface area contributed by atoms with Gasteiger partial charge in [-0.25, -0.2) is 4.79 Å². The van der Waals surface area contributed by atoms with E-state index in [1.165, 1.54) is 11.8 Å². The third-order valence-electron chi connectivity index (χ3n) is 6.25. The van der Waals surface area contributed by atoms with Crippen LogP contribution in [0.15, 0.2) is 53.0 Å². The van der Waals surface area contributed by atoms with Crippen molar-refractivity contribution < 1.29 is 14.4 Å². The zero-order valence-electron chi connectivity index (χ0n) is 18.6. The van der Waals surface area contributed by atoms with Gasteiger partial charge in [0.05, 0.1) is 10.6 Å². The average molecular weight is 497 g/mol. The number of nitrogens with one attached hydrogen (secondary N) is 2. The summed E-state index contributed by atoms with van der Waals surface area (Å²) in [6.07, 6.45) is 2.91. The van der Waals surface area contributed by atoms with Gasteiger partial charge in [-0.1, -0.05) is 43.0 Å². The predicted molar refractivity (Wildman–Crippen MR) is 129 cm³/mol. The molecule has 4 amide bonds. The van der Waals surface area contributed by atoms with Crippen LogP contribution in [-0.4, -0.2) is 48.9 Å². The summed E-state index contributed by atoms with van der Waals surface area (Å²) < 4.78 is 1.90. The lowest BCUT2D eigenvalue weighted by Crippen LogP contribution is -2.51. The maximum Gasteiger partial charge on any atom is 0.344 e. The Hall–Kier alpha value is -3.18. The summed E-state index contributed by atoms with van der Waals surface area (Å²) in [5, 5.41) is 14.8. The van der Waals surface area contributed by atoms with Crippen LogP contribution in [0.5, 0.6) is 0 Å². The first-order chi connectivity index (χ1) is 16.5. The number of hydrogen-bond donors (Lipinski definition) is 2. The van der Waals surface area contributed by atoms with Gasteiger partial charge >= 0.3 is 6.03 Å². The molecule has 1 spiro atoms. The summed E-state index contributed by atoms with van der Waals surface area (Å²) in [5.74, 6) is 0.338. The Labute approximate surface area is 204 Å². The van der Waals surface area contributed by atoms with Crippen LogP contribution in [0.25, 0.3) is 16.4 Å². The van der Waals surface area contributed by atoms with Crippen LogP contribution in [0.4, 0.5) is 4.79 Å². The fraction of sp³-hybridized carbons (Fsp3) is 0.348. The van der Waals surface area contributed by atoms with E-state index in [0.717, 1.165) is 28.4 Å². The van der Waals surface area contributed by atoms with Gasteiger partial charge in [-0.2, -0.15) is 5.01 Å². The molecule has 2 aromatic heterocycles. The van der Waals surface area contributed by atoms with Crippen molar-refractivity contribution in [2.24, 2.45) is 5.92 Å². The van der Waals surface area contributed by atoms with Gasteiger partial charge in [0.2, 0.25) is 5.91 Å². The summed E-state index contributed by atoms with van der Waals surface area (Å²) in [4.78, 5) is 39.1. The topological polar surface area (TPSA) is 109 Å². The molecule has 0 radical (unpaired) electrons. The number of benzene rings is 1. The molecule has 5 rings (SSSR count). The van der Waals surface area contributed by atoms with E-state index in [2.05, 4.69) is 27.9 Å². The number of hydrazine groups is 1. The maximum absolute atomic E-state index is 13.0. The van der Waals surface area contributed by atoms with Crippen LogP contribution in [0.1, 0.15) is 32.6 Å². The zero-order chi connectivity index (χ0) is 23.7. The molecular formula is C23H24N6O3S2. The highest BCUT2D eigenvalue weighted by molar-refractivity contribution is 7.99. The number of hydrogen-bond acceptors (Lipinski definition) is 7. The molecule has 3 heterocycles. The second-order valence-corrected chi connectivity index (χ2v) is 10.5. The first-order valence-corrected chi connectivity index (χ1v) is 13.0. The molecular weight excluding hydrogens is 472 g/mol. The molecule has 0 atom stereocenters. The molecule has 0 bridgehead atoms. The molecule has 9 nitrogen and oxygen atoms in total. The zero-order valence-corrected chi connectivity index (χ0v) is 20.2. The van der Waals surface area contributed by atoms with Gasteiger partial charge in [-0.3, -0.25) is 19.6 Å². The van der Waals surface area contributed by atoms with Crippen molar-refractivity contribution in [3.63, 3.8) is 0 Å². The SMILES string of the molecule is CC1CCC2(CC1)NC(=O)N(NC(=O)CSc1nnc(-c3cccs3)n1-c1ccccc1)C2=O. The highest BCUT2D eigenvalue weighted by Gasteiger charge is 2.52. The van der Waals surface area contributed by atoms with Crippen molar-refractivity contribution >= 4 is 40.9 Å². The lowest BCUT2D eigenvalue weighted by atomic mass is 9.77. The Morgan fingerprint density at radius 3 is 2.65 bits per heavy atom. The number of thiophene rings is 1. The average Bonchev–Trinajstić information content (AvgIpc) is 3.56.